The zero-order valence-electron chi connectivity index (χ0n) is 17.1. The summed E-state index contributed by atoms with van der Waals surface area (Å²) in [6, 6.07) is 19.8. The highest BCUT2D eigenvalue weighted by molar-refractivity contribution is 7.88. The van der Waals surface area contributed by atoms with Crippen molar-refractivity contribution in [2.45, 2.75) is 63.3 Å². The van der Waals surface area contributed by atoms with E-state index >= 15 is 0 Å². The predicted molar refractivity (Wildman–Crippen MR) is 113 cm³/mol. The second-order valence-corrected chi connectivity index (χ2v) is 9.87. The summed E-state index contributed by atoms with van der Waals surface area (Å²) in [5.41, 5.74) is 2.12. The van der Waals surface area contributed by atoms with E-state index in [0.717, 1.165) is 11.1 Å². The Kier molecular flexibility index (Phi) is 7.46. The lowest BCUT2D eigenvalue weighted by Gasteiger charge is -2.24. The third-order valence-electron chi connectivity index (χ3n) is 5.00. The first-order valence-corrected chi connectivity index (χ1v) is 11.5. The van der Waals surface area contributed by atoms with Crippen LogP contribution >= 0.6 is 0 Å². The van der Waals surface area contributed by atoms with Crippen LogP contribution in [0.2, 0.25) is 0 Å². The Morgan fingerprint density at radius 2 is 1.45 bits per heavy atom. The number of benzene rings is 2. The van der Waals surface area contributed by atoms with E-state index in [1.165, 1.54) is 0 Å². The monoisotopic (exact) mass is 418 g/mol. The molecule has 6 heteroatoms. The third kappa shape index (κ3) is 6.37. The summed E-state index contributed by atoms with van der Waals surface area (Å²) in [6.07, 6.45) is 0.893. The Morgan fingerprint density at radius 1 is 0.897 bits per heavy atom. The molecule has 1 fully saturated rings. The smallest absolute Gasteiger partial charge is 0.273 e. The molecule has 0 N–H and O–H groups in total. The highest BCUT2D eigenvalue weighted by Gasteiger charge is 2.56. The largest absolute Gasteiger partial charge is 0.374 e. The molecule has 5 nitrogen and oxygen atoms in total. The zero-order valence-corrected chi connectivity index (χ0v) is 17.9. The molecule has 1 aliphatic carbocycles. The van der Waals surface area contributed by atoms with Gasteiger partial charge in [-0.3, -0.25) is 4.18 Å². The Morgan fingerprint density at radius 3 is 1.97 bits per heavy atom. The molecule has 0 saturated heterocycles. The molecule has 1 atom stereocenters. The molecule has 0 spiro atoms. The normalized spacial score (nSPS) is 16.7. The molecule has 0 aliphatic heterocycles. The molecule has 2 aromatic rings. The summed E-state index contributed by atoms with van der Waals surface area (Å²) in [5, 5.41) is 0. The highest BCUT2D eigenvalue weighted by Crippen LogP contribution is 2.49. The van der Waals surface area contributed by atoms with Gasteiger partial charge in [-0.05, 0) is 44.2 Å². The van der Waals surface area contributed by atoms with Crippen LogP contribution in [0.3, 0.4) is 0 Å². The zero-order chi connectivity index (χ0) is 20.7. The Hall–Kier alpha value is -1.73. The van der Waals surface area contributed by atoms with Crippen LogP contribution in [0.5, 0.6) is 0 Å². The van der Waals surface area contributed by atoms with Crippen molar-refractivity contribution in [3.8, 4) is 0 Å². The molecule has 0 bridgehead atoms. The van der Waals surface area contributed by atoms with Gasteiger partial charge >= 0.3 is 0 Å². The van der Waals surface area contributed by atoms with E-state index in [0.29, 0.717) is 39.1 Å². The van der Waals surface area contributed by atoms with Crippen LogP contribution in [-0.2, 0) is 37.0 Å². The average Bonchev–Trinajstić information content (AvgIpc) is 3.48. The maximum absolute atomic E-state index is 12.7. The summed E-state index contributed by atoms with van der Waals surface area (Å²) >= 11 is 0. The van der Waals surface area contributed by atoms with E-state index in [-0.39, 0.29) is 12.2 Å². The van der Waals surface area contributed by atoms with Gasteiger partial charge in [-0.25, -0.2) is 0 Å². The van der Waals surface area contributed by atoms with E-state index in [1.54, 1.807) is 13.8 Å². The van der Waals surface area contributed by atoms with Gasteiger partial charge in [0.05, 0.1) is 32.0 Å². The van der Waals surface area contributed by atoms with Crippen molar-refractivity contribution in [3.05, 3.63) is 71.8 Å². The topological polar surface area (TPSA) is 61.8 Å². The van der Waals surface area contributed by atoms with E-state index in [4.69, 9.17) is 13.7 Å². The number of rotatable bonds is 12. The first kappa shape index (κ1) is 22.0. The van der Waals surface area contributed by atoms with Crippen LogP contribution in [-0.4, -0.2) is 32.0 Å². The van der Waals surface area contributed by atoms with Crippen molar-refractivity contribution in [1.29, 1.82) is 0 Å². The van der Waals surface area contributed by atoms with Crippen molar-refractivity contribution in [2.24, 2.45) is 0 Å². The van der Waals surface area contributed by atoms with Crippen LogP contribution in [0.4, 0.5) is 0 Å². The lowest BCUT2D eigenvalue weighted by Crippen LogP contribution is -2.34. The molecule has 3 rings (SSSR count). The Bertz CT molecular complexity index is 845. The summed E-state index contributed by atoms with van der Waals surface area (Å²) in [4.78, 5) is 0. The van der Waals surface area contributed by atoms with Gasteiger partial charge in [0, 0.05) is 0 Å². The van der Waals surface area contributed by atoms with Crippen LogP contribution in [0.1, 0.15) is 44.2 Å². The molecular formula is C23H30O5S. The van der Waals surface area contributed by atoms with Crippen molar-refractivity contribution >= 4 is 10.1 Å². The molecule has 29 heavy (non-hydrogen) atoms. The Labute approximate surface area is 174 Å². The molecular weight excluding hydrogens is 388 g/mol. The van der Waals surface area contributed by atoms with E-state index in [1.807, 2.05) is 60.7 Å². The molecule has 0 unspecified atom stereocenters. The van der Waals surface area contributed by atoms with Crippen molar-refractivity contribution < 1.29 is 22.1 Å². The average molecular weight is 419 g/mol. The molecule has 1 saturated carbocycles. The number of ether oxygens (including phenoxy) is 2. The van der Waals surface area contributed by atoms with E-state index < -0.39 is 14.9 Å². The number of hydrogen-bond donors (Lipinski definition) is 0. The molecule has 0 aromatic heterocycles. The van der Waals surface area contributed by atoms with E-state index in [9.17, 15) is 8.42 Å². The molecule has 0 amide bonds. The fourth-order valence-corrected chi connectivity index (χ4v) is 5.01. The maximum Gasteiger partial charge on any atom is 0.273 e. The quantitative estimate of drug-likeness (QED) is 0.476. The second-order valence-electron chi connectivity index (χ2n) is 7.91. The molecule has 158 valence electrons. The maximum atomic E-state index is 12.7. The predicted octanol–water partition coefficient (Wildman–Crippen LogP) is 4.47. The Balaban J connectivity index is 1.63. The minimum atomic E-state index is -3.64. The van der Waals surface area contributed by atoms with Crippen molar-refractivity contribution in [2.75, 3.05) is 6.61 Å². The minimum absolute atomic E-state index is 0.327. The van der Waals surface area contributed by atoms with Gasteiger partial charge in [0.25, 0.3) is 10.1 Å². The lowest BCUT2D eigenvalue weighted by molar-refractivity contribution is -0.0349. The summed E-state index contributed by atoms with van der Waals surface area (Å²) in [6.45, 7) is 4.69. The third-order valence-corrected chi connectivity index (χ3v) is 7.27. The van der Waals surface area contributed by atoms with Gasteiger partial charge in [0.2, 0.25) is 0 Å². The van der Waals surface area contributed by atoms with Crippen molar-refractivity contribution in [3.63, 3.8) is 0 Å². The summed E-state index contributed by atoms with van der Waals surface area (Å²) in [5.74, 6) is 0. The fraction of sp³-hybridized carbons (Fsp3) is 0.478. The van der Waals surface area contributed by atoms with Gasteiger partial charge < -0.3 is 9.47 Å². The molecule has 2 aromatic carbocycles. The highest BCUT2D eigenvalue weighted by atomic mass is 32.2. The van der Waals surface area contributed by atoms with Crippen LogP contribution in [0.25, 0.3) is 0 Å². The van der Waals surface area contributed by atoms with Crippen LogP contribution < -0.4 is 0 Å². The van der Waals surface area contributed by atoms with Crippen LogP contribution in [0, 0.1) is 0 Å². The summed E-state index contributed by atoms with van der Waals surface area (Å²) < 4.78 is 41.8. The van der Waals surface area contributed by atoms with E-state index in [2.05, 4.69) is 0 Å². The van der Waals surface area contributed by atoms with Gasteiger partial charge in [0.15, 0.2) is 0 Å². The lowest BCUT2D eigenvalue weighted by atomic mass is 10.1. The molecule has 1 aliphatic rings. The van der Waals surface area contributed by atoms with Crippen LogP contribution in [0.15, 0.2) is 60.7 Å². The number of hydrogen-bond acceptors (Lipinski definition) is 5. The van der Waals surface area contributed by atoms with Gasteiger partial charge in [-0.15, -0.1) is 0 Å². The molecule has 0 radical (unpaired) electrons. The second kappa shape index (κ2) is 9.85. The first-order valence-electron chi connectivity index (χ1n) is 10.1. The minimum Gasteiger partial charge on any atom is -0.374 e. The summed E-state index contributed by atoms with van der Waals surface area (Å²) in [7, 11) is -3.64. The van der Waals surface area contributed by atoms with Crippen molar-refractivity contribution in [1.82, 2.24) is 0 Å². The standard InChI is InChI=1S/C23H30O5S/c1-19(2)28-29(24,25)23(13-14-23)15-22(27-17-21-11-7-4-8-12-21)18-26-16-20-9-5-3-6-10-20/h3-12,19,22H,13-18H2,1-2H3/t22-/m1/s1. The fourth-order valence-electron chi connectivity index (χ4n) is 3.30. The van der Waals surface area contributed by atoms with Gasteiger partial charge in [0.1, 0.15) is 4.75 Å². The molecule has 0 heterocycles. The SMILES string of the molecule is CC(C)OS(=O)(=O)C1(C[C@H](COCc2ccccc2)OCc2ccccc2)CC1. The first-order chi connectivity index (χ1) is 13.9. The van der Waals surface area contributed by atoms with Gasteiger partial charge in [-0.2, -0.15) is 8.42 Å². The van der Waals surface area contributed by atoms with Gasteiger partial charge in [-0.1, -0.05) is 60.7 Å².